The molecule has 2 aromatic rings. The number of carbonyl (C=O) groups is 1. The second kappa shape index (κ2) is 7.91. The Labute approximate surface area is 134 Å². The first-order valence-electron chi connectivity index (χ1n) is 6.65. The topological polar surface area (TPSA) is 41.1 Å². The number of rotatable bonds is 6. The van der Waals surface area contributed by atoms with E-state index in [0.29, 0.717) is 22.3 Å². The molecule has 0 fully saturated rings. The maximum absolute atomic E-state index is 11.8. The molecule has 2 aromatic carbocycles. The number of amides is 1. The van der Waals surface area contributed by atoms with Gasteiger partial charge in [-0.1, -0.05) is 53.5 Å². The summed E-state index contributed by atoms with van der Waals surface area (Å²) in [6, 6.07) is 15.1. The van der Waals surface area contributed by atoms with Crippen molar-refractivity contribution in [2.75, 3.05) is 18.4 Å². The quantitative estimate of drug-likeness (QED) is 0.850. The molecule has 0 radical (unpaired) electrons. The Morgan fingerprint density at radius 1 is 1.05 bits per heavy atom. The van der Waals surface area contributed by atoms with Crippen molar-refractivity contribution in [3.8, 4) is 0 Å². The zero-order valence-corrected chi connectivity index (χ0v) is 12.9. The van der Waals surface area contributed by atoms with Crippen molar-refractivity contribution in [3.63, 3.8) is 0 Å². The van der Waals surface area contributed by atoms with E-state index in [4.69, 9.17) is 23.2 Å². The lowest BCUT2D eigenvalue weighted by Gasteiger charge is -2.09. The number of carbonyl (C=O) groups excluding carboxylic acids is 1. The van der Waals surface area contributed by atoms with Gasteiger partial charge in [-0.25, -0.2) is 0 Å². The third-order valence-corrected chi connectivity index (χ3v) is 3.51. The second-order valence-corrected chi connectivity index (χ2v) is 5.41. The first kappa shape index (κ1) is 15.7. The smallest absolute Gasteiger partial charge is 0.239 e. The molecule has 0 bridgehead atoms. The van der Waals surface area contributed by atoms with Crippen LogP contribution in [0, 0.1) is 0 Å². The van der Waals surface area contributed by atoms with Crippen LogP contribution in [0.4, 0.5) is 5.69 Å². The van der Waals surface area contributed by atoms with Crippen LogP contribution in [0.2, 0.25) is 10.0 Å². The summed E-state index contributed by atoms with van der Waals surface area (Å²) in [6.45, 7) is 0.767. The van der Waals surface area contributed by atoms with Crippen molar-refractivity contribution in [2.45, 2.75) is 6.42 Å². The van der Waals surface area contributed by atoms with Crippen molar-refractivity contribution >= 4 is 34.8 Å². The minimum absolute atomic E-state index is 0.0815. The van der Waals surface area contributed by atoms with Crippen molar-refractivity contribution in [1.82, 2.24) is 5.32 Å². The lowest BCUT2D eigenvalue weighted by molar-refractivity contribution is -0.119. The summed E-state index contributed by atoms with van der Waals surface area (Å²) in [7, 11) is 0. The molecular weight excluding hydrogens is 307 g/mol. The highest BCUT2D eigenvalue weighted by atomic mass is 35.5. The number of anilines is 1. The Bertz CT molecular complexity index is 602. The van der Waals surface area contributed by atoms with Gasteiger partial charge in [0.25, 0.3) is 0 Å². The van der Waals surface area contributed by atoms with Crippen LogP contribution in [0.3, 0.4) is 0 Å². The van der Waals surface area contributed by atoms with Crippen LogP contribution in [0.1, 0.15) is 5.56 Å². The predicted molar refractivity (Wildman–Crippen MR) is 88.1 cm³/mol. The highest BCUT2D eigenvalue weighted by Gasteiger charge is 2.04. The van der Waals surface area contributed by atoms with Crippen LogP contribution in [-0.4, -0.2) is 19.0 Å². The van der Waals surface area contributed by atoms with E-state index in [2.05, 4.69) is 10.6 Å². The van der Waals surface area contributed by atoms with Gasteiger partial charge in [-0.15, -0.1) is 0 Å². The number of nitrogens with one attached hydrogen (secondary N) is 2. The van der Waals surface area contributed by atoms with Crippen LogP contribution in [-0.2, 0) is 11.2 Å². The monoisotopic (exact) mass is 322 g/mol. The first-order valence-corrected chi connectivity index (χ1v) is 7.40. The molecule has 3 nitrogen and oxygen atoms in total. The molecule has 110 valence electrons. The molecule has 0 atom stereocenters. The Balaban J connectivity index is 1.74. The molecule has 2 N–H and O–H groups in total. The third kappa shape index (κ3) is 5.29. The van der Waals surface area contributed by atoms with Gasteiger partial charge >= 0.3 is 0 Å². The van der Waals surface area contributed by atoms with E-state index in [-0.39, 0.29) is 12.5 Å². The molecular formula is C16H16Cl2N2O. The number of hydrogen-bond acceptors (Lipinski definition) is 2. The first-order chi connectivity index (χ1) is 10.1. The van der Waals surface area contributed by atoms with E-state index in [1.165, 1.54) is 5.56 Å². The van der Waals surface area contributed by atoms with Gasteiger partial charge in [0.2, 0.25) is 5.91 Å². The molecule has 5 heteroatoms. The normalized spacial score (nSPS) is 10.2. The van der Waals surface area contributed by atoms with Crippen molar-refractivity contribution in [3.05, 3.63) is 64.1 Å². The number of hydrogen-bond donors (Lipinski definition) is 2. The minimum atomic E-state index is -0.0815. The minimum Gasteiger partial charge on any atom is -0.375 e. The van der Waals surface area contributed by atoms with Gasteiger partial charge < -0.3 is 10.6 Å². The Kier molecular flexibility index (Phi) is 5.90. The maximum atomic E-state index is 11.8. The van der Waals surface area contributed by atoms with E-state index in [9.17, 15) is 4.79 Å². The molecule has 1 amide bonds. The molecule has 21 heavy (non-hydrogen) atoms. The molecule has 0 unspecified atom stereocenters. The van der Waals surface area contributed by atoms with Crippen molar-refractivity contribution in [1.29, 1.82) is 0 Å². The van der Waals surface area contributed by atoms with Crippen LogP contribution < -0.4 is 10.6 Å². The summed E-state index contributed by atoms with van der Waals surface area (Å²) in [5, 5.41) is 6.95. The largest absolute Gasteiger partial charge is 0.375 e. The summed E-state index contributed by atoms with van der Waals surface area (Å²) in [6.07, 6.45) is 0.810. The van der Waals surface area contributed by atoms with Gasteiger partial charge in [0, 0.05) is 11.6 Å². The van der Waals surface area contributed by atoms with Gasteiger partial charge in [-0.2, -0.15) is 0 Å². The lowest BCUT2D eigenvalue weighted by atomic mass is 10.1. The fraction of sp³-hybridized carbons (Fsp3) is 0.188. The molecule has 0 saturated carbocycles. The summed E-state index contributed by atoms with van der Waals surface area (Å²) in [5.74, 6) is -0.0815. The fourth-order valence-corrected chi connectivity index (χ4v) is 2.22. The van der Waals surface area contributed by atoms with Crippen LogP contribution >= 0.6 is 23.2 Å². The fourth-order valence-electron chi connectivity index (χ4n) is 1.86. The summed E-state index contributed by atoms with van der Waals surface area (Å²) in [4.78, 5) is 11.8. The standard InChI is InChI=1S/C16H16Cl2N2O/c17-13-6-7-14(18)15(10-13)20-11-16(21)19-9-8-12-4-2-1-3-5-12/h1-7,10,20H,8-9,11H2,(H,19,21). The SMILES string of the molecule is O=C(CNc1cc(Cl)ccc1Cl)NCCc1ccccc1. The number of halogens is 2. The van der Waals surface area contributed by atoms with Gasteiger partial charge in [-0.3, -0.25) is 4.79 Å². The third-order valence-electron chi connectivity index (χ3n) is 2.95. The van der Waals surface area contributed by atoms with Gasteiger partial charge in [0.15, 0.2) is 0 Å². The van der Waals surface area contributed by atoms with Crippen LogP contribution in [0.15, 0.2) is 48.5 Å². The van der Waals surface area contributed by atoms with E-state index in [0.717, 1.165) is 6.42 Å². The average molecular weight is 323 g/mol. The Morgan fingerprint density at radius 3 is 2.57 bits per heavy atom. The molecule has 0 aromatic heterocycles. The van der Waals surface area contributed by atoms with E-state index in [1.807, 2.05) is 30.3 Å². The summed E-state index contributed by atoms with van der Waals surface area (Å²) in [5.41, 5.74) is 1.85. The molecule has 0 heterocycles. The molecule has 0 saturated heterocycles. The molecule has 0 aliphatic rings. The maximum Gasteiger partial charge on any atom is 0.239 e. The van der Waals surface area contributed by atoms with Crippen molar-refractivity contribution < 1.29 is 4.79 Å². The second-order valence-electron chi connectivity index (χ2n) is 4.56. The highest BCUT2D eigenvalue weighted by Crippen LogP contribution is 2.24. The summed E-state index contributed by atoms with van der Waals surface area (Å²) < 4.78 is 0. The summed E-state index contributed by atoms with van der Waals surface area (Å²) >= 11 is 11.9. The van der Waals surface area contributed by atoms with E-state index >= 15 is 0 Å². The van der Waals surface area contributed by atoms with Crippen LogP contribution in [0.5, 0.6) is 0 Å². The average Bonchev–Trinajstić information content (AvgIpc) is 2.49. The predicted octanol–water partition coefficient (Wildman–Crippen LogP) is 3.76. The van der Waals surface area contributed by atoms with Gasteiger partial charge in [-0.05, 0) is 30.2 Å². The van der Waals surface area contributed by atoms with Crippen LogP contribution in [0.25, 0.3) is 0 Å². The van der Waals surface area contributed by atoms with Gasteiger partial charge in [0.05, 0.1) is 17.3 Å². The Morgan fingerprint density at radius 2 is 1.81 bits per heavy atom. The van der Waals surface area contributed by atoms with Gasteiger partial charge in [0.1, 0.15) is 0 Å². The molecule has 0 aliphatic carbocycles. The van der Waals surface area contributed by atoms with E-state index < -0.39 is 0 Å². The lowest BCUT2D eigenvalue weighted by Crippen LogP contribution is -2.31. The Hall–Kier alpha value is -1.71. The zero-order valence-electron chi connectivity index (χ0n) is 11.4. The highest BCUT2D eigenvalue weighted by molar-refractivity contribution is 6.35. The number of benzene rings is 2. The zero-order chi connectivity index (χ0) is 15.1. The molecule has 0 aliphatic heterocycles. The van der Waals surface area contributed by atoms with Crippen molar-refractivity contribution in [2.24, 2.45) is 0 Å². The molecule has 2 rings (SSSR count). The van der Waals surface area contributed by atoms with E-state index in [1.54, 1.807) is 18.2 Å². The molecule has 0 spiro atoms.